The average molecular weight is 465 g/mol. The first-order valence-electron chi connectivity index (χ1n) is 9.46. The van der Waals surface area contributed by atoms with Gasteiger partial charge in [-0.05, 0) is 55.0 Å². The highest BCUT2D eigenvalue weighted by Crippen LogP contribution is 2.33. The fourth-order valence-corrected chi connectivity index (χ4v) is 2.84. The van der Waals surface area contributed by atoms with Crippen molar-refractivity contribution in [2.75, 3.05) is 18.2 Å². The topological polar surface area (TPSA) is 95.7 Å². The number of carbonyl (C=O) groups is 1. The zero-order chi connectivity index (χ0) is 24.2. The van der Waals surface area contributed by atoms with E-state index in [1.165, 1.54) is 31.4 Å². The third kappa shape index (κ3) is 6.10. The molecule has 0 aliphatic heterocycles. The monoisotopic (exact) mass is 465 g/mol. The summed E-state index contributed by atoms with van der Waals surface area (Å²) < 4.78 is 65.3. The van der Waals surface area contributed by atoms with E-state index in [-0.39, 0.29) is 23.7 Å². The fraction of sp³-hybridized carbons (Fsp3) is 0.182. The van der Waals surface area contributed by atoms with Gasteiger partial charge in [0.05, 0.1) is 17.9 Å². The molecule has 3 N–H and O–H groups in total. The van der Waals surface area contributed by atoms with E-state index in [2.05, 4.69) is 15.0 Å². The maximum Gasteiger partial charge on any atom is 0.573 e. The number of anilines is 2. The third-order valence-electron chi connectivity index (χ3n) is 4.37. The number of benzene rings is 2. The first-order valence-corrected chi connectivity index (χ1v) is 9.46. The Morgan fingerprint density at radius 3 is 2.42 bits per heavy atom. The quantitative estimate of drug-likeness (QED) is 0.466. The van der Waals surface area contributed by atoms with Gasteiger partial charge in [0.1, 0.15) is 11.6 Å². The van der Waals surface area contributed by atoms with Crippen molar-refractivity contribution in [3.8, 4) is 17.2 Å². The van der Waals surface area contributed by atoms with Crippen LogP contribution in [0.1, 0.15) is 21.6 Å². The zero-order valence-corrected chi connectivity index (χ0v) is 17.5. The van der Waals surface area contributed by atoms with Crippen molar-refractivity contribution in [3.05, 3.63) is 71.2 Å². The number of nitrogens with one attached hydrogen (secondary N) is 1. The van der Waals surface area contributed by atoms with Crippen LogP contribution in [0.15, 0.2) is 48.5 Å². The van der Waals surface area contributed by atoms with Gasteiger partial charge in [-0.2, -0.15) is 4.39 Å². The molecule has 11 heteroatoms. The molecule has 1 amide bonds. The summed E-state index contributed by atoms with van der Waals surface area (Å²) in [6.07, 6.45) is -5.04. The number of aryl methyl sites for hydroxylation is 1. The highest BCUT2D eigenvalue weighted by atomic mass is 19.4. The average Bonchev–Trinajstić information content (AvgIpc) is 2.74. The summed E-state index contributed by atoms with van der Waals surface area (Å²) in [5, 5.41) is 2.65. The van der Waals surface area contributed by atoms with Crippen LogP contribution in [0.3, 0.4) is 0 Å². The smallest absolute Gasteiger partial charge is 0.454 e. The maximum absolute atomic E-state index is 14.2. The number of methoxy groups -OCH3 is 1. The molecule has 0 saturated carbocycles. The molecule has 0 saturated heterocycles. The van der Waals surface area contributed by atoms with E-state index in [4.69, 9.17) is 15.2 Å². The number of halogens is 4. The van der Waals surface area contributed by atoms with E-state index in [1.54, 1.807) is 13.0 Å². The summed E-state index contributed by atoms with van der Waals surface area (Å²) in [6.45, 7) is 2.03. The number of aromatic nitrogens is 1. The second-order valence-electron chi connectivity index (χ2n) is 6.81. The van der Waals surface area contributed by atoms with E-state index in [9.17, 15) is 22.4 Å². The van der Waals surface area contributed by atoms with Crippen molar-refractivity contribution in [2.24, 2.45) is 0 Å². The van der Waals surface area contributed by atoms with Gasteiger partial charge in [0.15, 0.2) is 11.5 Å². The van der Waals surface area contributed by atoms with Gasteiger partial charge in [0, 0.05) is 12.8 Å². The van der Waals surface area contributed by atoms with Crippen molar-refractivity contribution in [2.45, 2.75) is 19.9 Å². The molecule has 1 heterocycles. The minimum atomic E-state index is -5.04. The number of hydrogen-bond donors (Lipinski definition) is 2. The molecule has 33 heavy (non-hydrogen) atoms. The molecule has 0 aliphatic rings. The van der Waals surface area contributed by atoms with Crippen LogP contribution >= 0.6 is 0 Å². The molecule has 0 fully saturated rings. The Hall–Kier alpha value is -3.86. The van der Waals surface area contributed by atoms with Crippen LogP contribution in [-0.2, 0) is 11.3 Å². The van der Waals surface area contributed by atoms with Gasteiger partial charge in [-0.25, -0.2) is 4.98 Å². The number of alkyl halides is 3. The number of nitrogens with two attached hydrogens (primary N) is 1. The molecule has 0 radical (unpaired) electrons. The summed E-state index contributed by atoms with van der Waals surface area (Å²) in [5.74, 6) is -3.11. The number of rotatable bonds is 7. The number of pyridine rings is 1. The van der Waals surface area contributed by atoms with E-state index in [0.717, 1.165) is 23.8 Å². The first kappa shape index (κ1) is 23.8. The van der Waals surface area contributed by atoms with Crippen LogP contribution < -0.4 is 20.5 Å². The molecule has 7 nitrogen and oxygen atoms in total. The molecule has 0 unspecified atom stereocenters. The molecule has 3 rings (SSSR count). The van der Waals surface area contributed by atoms with Crippen molar-refractivity contribution in [1.82, 2.24) is 4.98 Å². The van der Waals surface area contributed by atoms with Crippen LogP contribution in [0, 0.1) is 12.7 Å². The molecular formula is C22H19F4N3O4. The predicted molar refractivity (Wildman–Crippen MR) is 112 cm³/mol. The summed E-state index contributed by atoms with van der Waals surface area (Å²) >= 11 is 0. The summed E-state index contributed by atoms with van der Waals surface area (Å²) in [5.41, 5.74) is 7.79. The van der Waals surface area contributed by atoms with Crippen LogP contribution in [-0.4, -0.2) is 24.4 Å². The van der Waals surface area contributed by atoms with Gasteiger partial charge in [-0.1, -0.05) is 6.07 Å². The molecule has 0 aliphatic carbocycles. The van der Waals surface area contributed by atoms with E-state index in [0.29, 0.717) is 11.4 Å². The summed E-state index contributed by atoms with van der Waals surface area (Å²) in [6, 6.07) is 10.5. The Labute approximate surface area is 186 Å². The number of carbonyl (C=O) groups excluding carboxylic acids is 1. The van der Waals surface area contributed by atoms with Gasteiger partial charge >= 0.3 is 6.36 Å². The van der Waals surface area contributed by atoms with Gasteiger partial charge in [-0.3, -0.25) is 4.79 Å². The Morgan fingerprint density at radius 2 is 1.79 bits per heavy atom. The van der Waals surface area contributed by atoms with Crippen LogP contribution in [0.4, 0.5) is 29.1 Å². The van der Waals surface area contributed by atoms with Crippen LogP contribution in [0.25, 0.3) is 0 Å². The summed E-state index contributed by atoms with van der Waals surface area (Å²) in [4.78, 5) is 16.8. The van der Waals surface area contributed by atoms with E-state index < -0.39 is 29.6 Å². The van der Waals surface area contributed by atoms with Crippen molar-refractivity contribution in [1.29, 1.82) is 0 Å². The number of nitrogens with zero attached hydrogens (tertiary/aromatic N) is 1. The Kier molecular flexibility index (Phi) is 7.02. The van der Waals surface area contributed by atoms with Gasteiger partial charge < -0.3 is 25.3 Å². The second kappa shape index (κ2) is 9.74. The van der Waals surface area contributed by atoms with Crippen LogP contribution in [0.2, 0.25) is 0 Å². The lowest BCUT2D eigenvalue weighted by molar-refractivity contribution is -0.275. The van der Waals surface area contributed by atoms with Crippen molar-refractivity contribution >= 4 is 17.4 Å². The largest absolute Gasteiger partial charge is 0.573 e. The lowest BCUT2D eigenvalue weighted by atomic mass is 10.1. The highest BCUT2D eigenvalue weighted by Gasteiger charge is 2.33. The van der Waals surface area contributed by atoms with Gasteiger partial charge in [0.25, 0.3) is 5.91 Å². The Bertz CT molecular complexity index is 1150. The van der Waals surface area contributed by atoms with Gasteiger partial charge in [-0.15, -0.1) is 13.2 Å². The standard InChI is InChI=1S/C22H19F4N3O4/c1-12-10-15(20(27)29-16(12)11-31-2)21(30)28-13-6-8-14(9-7-13)32-17-4-3-5-18(19(17)23)33-22(24,25)26/h3-10H,11H2,1-2H3,(H2,27,29)(H,28,30). The first-order chi connectivity index (χ1) is 15.6. The predicted octanol–water partition coefficient (Wildman–Crippen LogP) is 5.20. The normalized spacial score (nSPS) is 11.2. The molecule has 174 valence electrons. The Balaban J connectivity index is 1.71. The maximum atomic E-state index is 14.2. The zero-order valence-electron chi connectivity index (χ0n) is 17.5. The van der Waals surface area contributed by atoms with Crippen molar-refractivity contribution < 1.29 is 36.6 Å². The SMILES string of the molecule is COCc1nc(N)c(C(=O)Nc2ccc(Oc3cccc(OC(F)(F)F)c3F)cc2)cc1C. The number of nitrogen functional groups attached to an aromatic ring is 1. The number of ether oxygens (including phenoxy) is 3. The number of hydrogen-bond acceptors (Lipinski definition) is 6. The Morgan fingerprint density at radius 1 is 1.12 bits per heavy atom. The lowest BCUT2D eigenvalue weighted by Crippen LogP contribution is -2.18. The minimum absolute atomic E-state index is 0.0431. The molecule has 2 aromatic carbocycles. The van der Waals surface area contributed by atoms with Gasteiger partial charge in [0.2, 0.25) is 5.82 Å². The molecule has 0 spiro atoms. The molecule has 3 aromatic rings. The molecule has 1 aromatic heterocycles. The molecular weight excluding hydrogens is 446 g/mol. The van der Waals surface area contributed by atoms with E-state index >= 15 is 0 Å². The lowest BCUT2D eigenvalue weighted by Gasteiger charge is -2.13. The molecule has 0 bridgehead atoms. The summed E-state index contributed by atoms with van der Waals surface area (Å²) in [7, 11) is 1.52. The molecule has 0 atom stereocenters. The minimum Gasteiger partial charge on any atom is -0.454 e. The van der Waals surface area contributed by atoms with Crippen molar-refractivity contribution in [3.63, 3.8) is 0 Å². The van der Waals surface area contributed by atoms with E-state index in [1.807, 2.05) is 0 Å². The fourth-order valence-electron chi connectivity index (χ4n) is 2.84. The second-order valence-corrected chi connectivity index (χ2v) is 6.81. The third-order valence-corrected chi connectivity index (χ3v) is 4.37. The van der Waals surface area contributed by atoms with Crippen LogP contribution in [0.5, 0.6) is 17.2 Å². The number of amides is 1. The highest BCUT2D eigenvalue weighted by molar-refractivity contribution is 6.07.